The molecule has 31 heavy (non-hydrogen) atoms. The number of rotatable bonds is 9. The van der Waals surface area contributed by atoms with E-state index in [-0.39, 0.29) is 18.2 Å². The normalized spacial score (nSPS) is 14.9. The Morgan fingerprint density at radius 2 is 1.90 bits per heavy atom. The molecule has 7 heteroatoms. The molecule has 5 nitrogen and oxygen atoms in total. The number of aryl methyl sites for hydroxylation is 1. The van der Waals surface area contributed by atoms with Gasteiger partial charge in [-0.05, 0) is 49.1 Å². The highest BCUT2D eigenvalue weighted by atomic mass is 32.2. The third-order valence-corrected chi connectivity index (χ3v) is 6.18. The molecule has 1 aliphatic rings. The Kier molecular flexibility index (Phi) is 8.26. The van der Waals surface area contributed by atoms with E-state index in [9.17, 15) is 9.59 Å². The maximum Gasteiger partial charge on any atom is 0.266 e. The second-order valence-electron chi connectivity index (χ2n) is 7.01. The van der Waals surface area contributed by atoms with Crippen molar-refractivity contribution in [1.82, 2.24) is 4.90 Å². The highest BCUT2D eigenvalue weighted by Gasteiger charge is 2.31. The smallest absolute Gasteiger partial charge is 0.266 e. The van der Waals surface area contributed by atoms with Crippen LogP contribution in [0, 0.1) is 0 Å². The SMILES string of the molecule is CCOc1ccccc1NC(=O)CCCN1C(=O)C(=Cc2ccc(CC)cc2)SC1=S. The molecule has 2 amide bonds. The van der Waals surface area contributed by atoms with Crippen LogP contribution in [0.1, 0.15) is 37.8 Å². The lowest BCUT2D eigenvalue weighted by Crippen LogP contribution is -2.29. The van der Waals surface area contributed by atoms with Crippen molar-refractivity contribution in [1.29, 1.82) is 0 Å². The van der Waals surface area contributed by atoms with Crippen LogP contribution in [0.3, 0.4) is 0 Å². The maximum atomic E-state index is 12.8. The molecule has 162 valence electrons. The molecule has 0 unspecified atom stereocenters. The van der Waals surface area contributed by atoms with Crippen molar-refractivity contribution in [3.63, 3.8) is 0 Å². The van der Waals surface area contributed by atoms with Gasteiger partial charge in [0.05, 0.1) is 17.2 Å². The summed E-state index contributed by atoms with van der Waals surface area (Å²) in [7, 11) is 0. The van der Waals surface area contributed by atoms with Gasteiger partial charge in [0, 0.05) is 13.0 Å². The zero-order chi connectivity index (χ0) is 22.2. The third-order valence-electron chi connectivity index (χ3n) is 4.81. The van der Waals surface area contributed by atoms with Gasteiger partial charge in [0.25, 0.3) is 5.91 Å². The molecule has 1 saturated heterocycles. The number of para-hydroxylation sites is 2. The fourth-order valence-corrected chi connectivity index (χ4v) is 4.46. The number of thiocarbonyl (C=S) groups is 1. The highest BCUT2D eigenvalue weighted by molar-refractivity contribution is 8.26. The Morgan fingerprint density at radius 1 is 1.16 bits per heavy atom. The largest absolute Gasteiger partial charge is 0.492 e. The van der Waals surface area contributed by atoms with E-state index >= 15 is 0 Å². The minimum Gasteiger partial charge on any atom is -0.492 e. The second kappa shape index (κ2) is 11.1. The average Bonchev–Trinajstić information content (AvgIpc) is 3.03. The number of anilines is 1. The quantitative estimate of drug-likeness (QED) is 0.413. The van der Waals surface area contributed by atoms with Crippen molar-refractivity contribution in [3.05, 3.63) is 64.6 Å². The van der Waals surface area contributed by atoms with Gasteiger partial charge in [-0.1, -0.05) is 67.3 Å². The lowest BCUT2D eigenvalue weighted by molar-refractivity contribution is -0.122. The van der Waals surface area contributed by atoms with Crippen LogP contribution in [-0.2, 0) is 16.0 Å². The van der Waals surface area contributed by atoms with E-state index in [1.165, 1.54) is 17.3 Å². The second-order valence-corrected chi connectivity index (χ2v) is 8.69. The summed E-state index contributed by atoms with van der Waals surface area (Å²) in [6, 6.07) is 15.5. The number of nitrogens with zero attached hydrogens (tertiary/aromatic N) is 1. The van der Waals surface area contributed by atoms with Gasteiger partial charge in [0.1, 0.15) is 10.1 Å². The molecule has 2 aromatic carbocycles. The summed E-state index contributed by atoms with van der Waals surface area (Å²) < 4.78 is 6.06. The first-order valence-electron chi connectivity index (χ1n) is 10.4. The predicted octanol–water partition coefficient (Wildman–Crippen LogP) is 5.27. The Hall–Kier alpha value is -2.64. The predicted molar refractivity (Wildman–Crippen MR) is 131 cm³/mol. The molecule has 0 spiro atoms. The third kappa shape index (κ3) is 6.18. The van der Waals surface area contributed by atoms with Crippen LogP contribution < -0.4 is 10.1 Å². The van der Waals surface area contributed by atoms with Crippen molar-refractivity contribution in [2.75, 3.05) is 18.5 Å². The topological polar surface area (TPSA) is 58.6 Å². The molecule has 3 rings (SSSR count). The van der Waals surface area contributed by atoms with Gasteiger partial charge in [-0.3, -0.25) is 14.5 Å². The highest BCUT2D eigenvalue weighted by Crippen LogP contribution is 2.33. The number of amides is 2. The Labute approximate surface area is 192 Å². The lowest BCUT2D eigenvalue weighted by atomic mass is 10.1. The van der Waals surface area contributed by atoms with Gasteiger partial charge in [0.15, 0.2) is 0 Å². The lowest BCUT2D eigenvalue weighted by Gasteiger charge is -2.14. The van der Waals surface area contributed by atoms with Gasteiger partial charge in [-0.2, -0.15) is 0 Å². The van der Waals surface area contributed by atoms with Gasteiger partial charge >= 0.3 is 0 Å². The summed E-state index contributed by atoms with van der Waals surface area (Å²) in [4.78, 5) is 27.3. The van der Waals surface area contributed by atoms with Crippen LogP contribution in [-0.4, -0.2) is 34.2 Å². The Balaban J connectivity index is 1.53. The van der Waals surface area contributed by atoms with E-state index in [2.05, 4.69) is 24.4 Å². The van der Waals surface area contributed by atoms with Crippen LogP contribution in [0.15, 0.2) is 53.4 Å². The molecule has 0 atom stereocenters. The summed E-state index contributed by atoms with van der Waals surface area (Å²) in [6.07, 6.45) is 3.66. The van der Waals surface area contributed by atoms with Crippen molar-refractivity contribution >= 4 is 51.9 Å². The van der Waals surface area contributed by atoms with Crippen molar-refractivity contribution in [2.24, 2.45) is 0 Å². The molecule has 1 heterocycles. The fourth-order valence-electron chi connectivity index (χ4n) is 3.16. The summed E-state index contributed by atoms with van der Waals surface area (Å²) >= 11 is 6.70. The van der Waals surface area contributed by atoms with E-state index in [0.717, 1.165) is 12.0 Å². The standard InChI is InChI=1S/C24H26N2O3S2/c1-3-17-11-13-18(14-12-17)16-21-23(28)26(24(30)31-21)15-7-10-22(27)25-19-8-5-6-9-20(19)29-4-2/h5-6,8-9,11-14,16H,3-4,7,10,15H2,1-2H3,(H,25,27). The molecule has 1 fully saturated rings. The van der Waals surface area contributed by atoms with E-state index in [0.29, 0.717) is 40.2 Å². The molecule has 1 aliphatic heterocycles. The average molecular weight is 455 g/mol. The fraction of sp³-hybridized carbons (Fsp3) is 0.292. The summed E-state index contributed by atoms with van der Waals surface area (Å²) in [5.41, 5.74) is 2.88. The van der Waals surface area contributed by atoms with Crippen LogP contribution in [0.2, 0.25) is 0 Å². The number of ether oxygens (including phenoxy) is 1. The first kappa shape index (κ1) is 23.0. The van der Waals surface area contributed by atoms with Gasteiger partial charge < -0.3 is 10.1 Å². The zero-order valence-electron chi connectivity index (χ0n) is 17.7. The summed E-state index contributed by atoms with van der Waals surface area (Å²) in [6.45, 7) is 4.95. The Morgan fingerprint density at radius 3 is 2.61 bits per heavy atom. The number of hydrogen-bond donors (Lipinski definition) is 1. The molecule has 0 bridgehead atoms. The number of hydrogen-bond acceptors (Lipinski definition) is 5. The van der Waals surface area contributed by atoms with E-state index in [1.54, 1.807) is 4.90 Å². The van der Waals surface area contributed by atoms with Crippen LogP contribution in [0.5, 0.6) is 5.75 Å². The molecule has 0 aliphatic carbocycles. The molecular formula is C24H26N2O3S2. The van der Waals surface area contributed by atoms with Gasteiger partial charge in [-0.15, -0.1) is 0 Å². The summed E-state index contributed by atoms with van der Waals surface area (Å²) in [5, 5.41) is 2.88. The zero-order valence-corrected chi connectivity index (χ0v) is 19.4. The van der Waals surface area contributed by atoms with Crippen LogP contribution in [0.4, 0.5) is 5.69 Å². The van der Waals surface area contributed by atoms with Crippen molar-refractivity contribution < 1.29 is 14.3 Å². The number of benzene rings is 2. The minimum absolute atomic E-state index is 0.100. The molecule has 0 radical (unpaired) electrons. The molecule has 1 N–H and O–H groups in total. The molecule has 0 aromatic heterocycles. The summed E-state index contributed by atoms with van der Waals surface area (Å²) in [5.74, 6) is 0.424. The Bertz CT molecular complexity index is 987. The number of thioether (sulfide) groups is 1. The van der Waals surface area contributed by atoms with Crippen LogP contribution >= 0.6 is 24.0 Å². The number of carbonyl (C=O) groups is 2. The van der Waals surface area contributed by atoms with Gasteiger partial charge in [0.2, 0.25) is 5.91 Å². The maximum absolute atomic E-state index is 12.8. The molecule has 2 aromatic rings. The number of carbonyl (C=O) groups excluding carboxylic acids is 2. The molecule has 0 saturated carbocycles. The van der Waals surface area contributed by atoms with Gasteiger partial charge in [-0.25, -0.2) is 0 Å². The molecular weight excluding hydrogens is 428 g/mol. The first-order valence-corrected chi connectivity index (χ1v) is 11.6. The van der Waals surface area contributed by atoms with Crippen molar-refractivity contribution in [3.8, 4) is 5.75 Å². The van der Waals surface area contributed by atoms with E-state index < -0.39 is 0 Å². The van der Waals surface area contributed by atoms with Crippen molar-refractivity contribution in [2.45, 2.75) is 33.1 Å². The van der Waals surface area contributed by atoms with Crippen LogP contribution in [0.25, 0.3) is 6.08 Å². The first-order chi connectivity index (χ1) is 15.0. The minimum atomic E-state index is -0.121. The van der Waals surface area contributed by atoms with E-state index in [4.69, 9.17) is 17.0 Å². The number of nitrogens with one attached hydrogen (secondary N) is 1. The van der Waals surface area contributed by atoms with E-state index in [1.807, 2.05) is 49.4 Å². The monoisotopic (exact) mass is 454 g/mol.